The van der Waals surface area contributed by atoms with Crippen LogP contribution in [0.15, 0.2) is 82.1 Å². The molecule has 238 valence electrons. The van der Waals surface area contributed by atoms with Crippen molar-refractivity contribution in [3.05, 3.63) is 119 Å². The smallest absolute Gasteiger partial charge is 0.338 e. The zero-order valence-electron chi connectivity index (χ0n) is 26.2. The number of hydrogen-bond donors (Lipinski definition) is 0. The fourth-order valence-electron chi connectivity index (χ4n) is 5.11. The van der Waals surface area contributed by atoms with E-state index in [1.807, 2.05) is 73.6 Å². The van der Waals surface area contributed by atoms with Crippen LogP contribution in [0.25, 0.3) is 11.8 Å². The van der Waals surface area contributed by atoms with E-state index in [1.54, 1.807) is 20.8 Å². The van der Waals surface area contributed by atoms with E-state index in [9.17, 15) is 19.7 Å². The first-order valence-electron chi connectivity index (χ1n) is 14.7. The lowest BCUT2D eigenvalue weighted by molar-refractivity contribution is -0.385. The van der Waals surface area contributed by atoms with Crippen molar-refractivity contribution in [3.63, 3.8) is 0 Å². The number of nitro benzene ring substituents is 1. The van der Waals surface area contributed by atoms with Crippen LogP contribution < -0.4 is 29.3 Å². The van der Waals surface area contributed by atoms with Crippen LogP contribution in [0.4, 0.5) is 11.4 Å². The predicted octanol–water partition coefficient (Wildman–Crippen LogP) is 4.86. The zero-order valence-corrected chi connectivity index (χ0v) is 27.0. The summed E-state index contributed by atoms with van der Waals surface area (Å²) in [4.78, 5) is 45.9. The third kappa shape index (κ3) is 6.57. The topological polar surface area (TPSA) is 126 Å². The molecular formula is C34H34N4O7S. The van der Waals surface area contributed by atoms with Crippen LogP contribution in [-0.2, 0) is 16.1 Å². The van der Waals surface area contributed by atoms with E-state index >= 15 is 0 Å². The molecule has 0 fully saturated rings. The number of carbonyl (C=O) groups excluding carboxylic acids is 1. The van der Waals surface area contributed by atoms with Crippen molar-refractivity contribution in [3.8, 4) is 11.5 Å². The zero-order chi connectivity index (χ0) is 33.0. The molecule has 5 rings (SSSR count). The fourth-order valence-corrected chi connectivity index (χ4v) is 6.14. The van der Waals surface area contributed by atoms with Crippen LogP contribution in [0.1, 0.15) is 43.5 Å². The van der Waals surface area contributed by atoms with Gasteiger partial charge in [-0.3, -0.25) is 19.5 Å². The maximum atomic E-state index is 13.8. The molecule has 1 atom stereocenters. The van der Waals surface area contributed by atoms with Gasteiger partial charge in [0, 0.05) is 25.5 Å². The number of rotatable bonds is 11. The SMILES string of the molecule is CCOC(=O)C1=C(C)n2c(s/c(=C\c3cc(OCC)c(OCc4ccccc4)cc3[N+](=O)[O-])c2=O)=N[C@H]1c1ccc(N(C)C)cc1. The molecule has 0 radical (unpaired) electrons. The van der Waals surface area contributed by atoms with Gasteiger partial charge in [0.05, 0.1) is 39.9 Å². The summed E-state index contributed by atoms with van der Waals surface area (Å²) < 4.78 is 18.7. The highest BCUT2D eigenvalue weighted by atomic mass is 32.1. The number of allylic oxidation sites excluding steroid dienone is 1. The van der Waals surface area contributed by atoms with Gasteiger partial charge in [-0.05, 0) is 56.2 Å². The summed E-state index contributed by atoms with van der Waals surface area (Å²) in [6, 6.07) is 19.2. The Morgan fingerprint density at radius 1 is 1.04 bits per heavy atom. The molecule has 0 N–H and O–H groups in total. The first-order valence-corrected chi connectivity index (χ1v) is 15.5. The summed E-state index contributed by atoms with van der Waals surface area (Å²) >= 11 is 1.08. The van der Waals surface area contributed by atoms with Gasteiger partial charge in [-0.15, -0.1) is 0 Å². The van der Waals surface area contributed by atoms with Gasteiger partial charge in [0.1, 0.15) is 12.6 Å². The molecule has 1 aliphatic heterocycles. The standard InChI is InChI=1S/C34H34N4O7S/c1-6-43-27-17-24(26(38(41)42)19-28(27)45-20-22-11-9-8-10-12-22)18-29-32(39)37-21(3)30(33(40)44-7-2)31(35-34(37)46-29)23-13-15-25(16-14-23)36(4)5/h8-19,31H,6-7,20H2,1-5H3/b29-18-/t31-/m0/s1. The van der Waals surface area contributed by atoms with Crippen LogP contribution in [0, 0.1) is 10.1 Å². The minimum absolute atomic E-state index is 0.156. The lowest BCUT2D eigenvalue weighted by atomic mass is 9.96. The first kappa shape index (κ1) is 32.2. The number of aromatic nitrogens is 1. The van der Waals surface area contributed by atoms with E-state index in [-0.39, 0.29) is 40.3 Å². The molecule has 2 heterocycles. The summed E-state index contributed by atoms with van der Waals surface area (Å²) in [6.45, 7) is 5.83. The van der Waals surface area contributed by atoms with Gasteiger partial charge >= 0.3 is 5.97 Å². The molecule has 0 bridgehead atoms. The molecule has 0 saturated heterocycles. The van der Waals surface area contributed by atoms with E-state index in [2.05, 4.69) is 0 Å². The minimum atomic E-state index is -0.707. The third-order valence-corrected chi connectivity index (χ3v) is 8.36. The van der Waals surface area contributed by atoms with Gasteiger partial charge in [0.15, 0.2) is 16.3 Å². The fraction of sp³-hybridized carbons (Fsp3) is 0.265. The highest BCUT2D eigenvalue weighted by Crippen LogP contribution is 2.36. The molecule has 3 aromatic carbocycles. The molecule has 1 aliphatic rings. The molecule has 12 heteroatoms. The van der Waals surface area contributed by atoms with Crippen LogP contribution >= 0.6 is 11.3 Å². The van der Waals surface area contributed by atoms with Crippen molar-refractivity contribution >= 4 is 40.5 Å². The molecular weight excluding hydrogens is 608 g/mol. The van der Waals surface area contributed by atoms with Crippen molar-refractivity contribution in [2.75, 3.05) is 32.2 Å². The van der Waals surface area contributed by atoms with Crippen molar-refractivity contribution in [1.29, 1.82) is 0 Å². The Bertz CT molecular complexity index is 1980. The first-order chi connectivity index (χ1) is 22.1. The summed E-state index contributed by atoms with van der Waals surface area (Å²) in [6.07, 6.45) is 1.45. The van der Waals surface area contributed by atoms with E-state index in [4.69, 9.17) is 19.2 Å². The van der Waals surface area contributed by atoms with Gasteiger partial charge in [0.25, 0.3) is 11.2 Å². The minimum Gasteiger partial charge on any atom is -0.490 e. The lowest BCUT2D eigenvalue weighted by Gasteiger charge is -2.23. The summed E-state index contributed by atoms with van der Waals surface area (Å²) in [5.41, 5.74) is 2.73. The number of nitrogens with zero attached hydrogens (tertiary/aromatic N) is 4. The number of thiazole rings is 1. The Kier molecular flexibility index (Phi) is 9.67. The third-order valence-electron chi connectivity index (χ3n) is 7.38. The Labute approximate surface area is 269 Å². The van der Waals surface area contributed by atoms with Gasteiger partial charge in [-0.2, -0.15) is 0 Å². The van der Waals surface area contributed by atoms with Gasteiger partial charge in [0.2, 0.25) is 0 Å². The number of esters is 1. The number of nitro groups is 1. The van der Waals surface area contributed by atoms with E-state index < -0.39 is 22.5 Å². The van der Waals surface area contributed by atoms with Crippen molar-refractivity contribution < 1.29 is 23.9 Å². The van der Waals surface area contributed by atoms with Crippen molar-refractivity contribution in [1.82, 2.24) is 4.57 Å². The Hall–Kier alpha value is -5.23. The monoisotopic (exact) mass is 642 g/mol. The maximum absolute atomic E-state index is 13.8. The summed E-state index contributed by atoms with van der Waals surface area (Å²) in [5.74, 6) is -0.0427. The molecule has 11 nitrogen and oxygen atoms in total. The van der Waals surface area contributed by atoms with Crippen LogP contribution in [-0.4, -0.2) is 42.8 Å². The van der Waals surface area contributed by atoms with E-state index in [0.29, 0.717) is 22.9 Å². The number of benzene rings is 3. The Morgan fingerprint density at radius 2 is 1.74 bits per heavy atom. The highest BCUT2D eigenvalue weighted by Gasteiger charge is 2.31. The van der Waals surface area contributed by atoms with Gasteiger partial charge in [-0.25, -0.2) is 9.79 Å². The molecule has 0 amide bonds. The predicted molar refractivity (Wildman–Crippen MR) is 177 cm³/mol. The lowest BCUT2D eigenvalue weighted by Crippen LogP contribution is -2.35. The number of carbonyl (C=O) groups is 1. The number of hydrogen-bond acceptors (Lipinski definition) is 10. The van der Waals surface area contributed by atoms with Crippen LogP contribution in [0.2, 0.25) is 0 Å². The number of fused-ring (bicyclic) bond motifs is 1. The van der Waals surface area contributed by atoms with E-state index in [0.717, 1.165) is 28.2 Å². The second-order valence-electron chi connectivity index (χ2n) is 10.6. The normalized spacial score (nSPS) is 14.4. The average Bonchev–Trinajstić information content (AvgIpc) is 3.35. The Balaban J connectivity index is 1.64. The number of ether oxygens (including phenoxy) is 3. The average molecular weight is 643 g/mol. The highest BCUT2D eigenvalue weighted by molar-refractivity contribution is 7.07. The molecule has 0 spiro atoms. The second kappa shape index (κ2) is 13.8. The summed E-state index contributed by atoms with van der Waals surface area (Å²) in [5, 5.41) is 12.2. The van der Waals surface area contributed by atoms with Crippen LogP contribution in [0.3, 0.4) is 0 Å². The number of anilines is 1. The quantitative estimate of drug-likeness (QED) is 0.129. The van der Waals surface area contributed by atoms with Gasteiger partial charge in [-0.1, -0.05) is 53.8 Å². The van der Waals surface area contributed by atoms with Crippen LogP contribution in [0.5, 0.6) is 11.5 Å². The molecule has 46 heavy (non-hydrogen) atoms. The van der Waals surface area contributed by atoms with E-state index in [1.165, 1.54) is 22.8 Å². The molecule has 0 saturated carbocycles. The largest absolute Gasteiger partial charge is 0.490 e. The molecule has 4 aromatic rings. The maximum Gasteiger partial charge on any atom is 0.338 e. The van der Waals surface area contributed by atoms with Crippen molar-refractivity contribution in [2.24, 2.45) is 4.99 Å². The molecule has 0 unspecified atom stereocenters. The Morgan fingerprint density at radius 3 is 2.37 bits per heavy atom. The van der Waals surface area contributed by atoms with Gasteiger partial charge < -0.3 is 19.1 Å². The van der Waals surface area contributed by atoms with Crippen molar-refractivity contribution in [2.45, 2.75) is 33.4 Å². The summed E-state index contributed by atoms with van der Waals surface area (Å²) in [7, 11) is 3.87. The molecule has 1 aromatic heterocycles. The second-order valence-corrected chi connectivity index (χ2v) is 11.6. The molecule has 0 aliphatic carbocycles.